The van der Waals surface area contributed by atoms with Crippen molar-refractivity contribution in [3.63, 3.8) is 0 Å². The number of oxazole rings is 2. The average molecular weight is 968 g/mol. The van der Waals surface area contributed by atoms with Crippen LogP contribution in [0.2, 0.25) is 0 Å². The molecule has 23 nitrogen and oxygen atoms in total. The van der Waals surface area contributed by atoms with Crippen molar-refractivity contribution >= 4 is 69.5 Å². The SMILES string of the molecule is CCc1nc(C)oc1C(=O)Nc1nc2cc(C(N)=O)cc(OC)c2n1C/C=C/Cn1c(NC(=O)c2oc(C)nc2CC)nc2cc(C(N)=O)cc(OCCCOC(=O)[C@H](N)CCC(=O)OC(C)(C)C)c21. The fourth-order valence-electron chi connectivity index (χ4n) is 7.31. The Balaban J connectivity index is 1.31. The Morgan fingerprint density at radius 3 is 1.69 bits per heavy atom. The number of primary amides is 2. The maximum absolute atomic E-state index is 13.8. The van der Waals surface area contributed by atoms with Crippen molar-refractivity contribution in [3.05, 3.63) is 82.2 Å². The zero-order valence-electron chi connectivity index (χ0n) is 40.2. The number of nitrogens with one attached hydrogen (secondary N) is 2. The van der Waals surface area contributed by atoms with Gasteiger partial charge in [0, 0.05) is 50.9 Å². The Bertz CT molecular complexity index is 2990. The van der Waals surface area contributed by atoms with Crippen molar-refractivity contribution in [2.75, 3.05) is 31.0 Å². The molecule has 0 aliphatic rings. The molecule has 4 amide bonds. The maximum atomic E-state index is 13.8. The van der Waals surface area contributed by atoms with E-state index < -0.39 is 47.2 Å². The van der Waals surface area contributed by atoms with Crippen molar-refractivity contribution in [2.24, 2.45) is 17.2 Å². The lowest BCUT2D eigenvalue weighted by molar-refractivity contribution is -0.155. The van der Waals surface area contributed by atoms with Crippen LogP contribution in [-0.2, 0) is 45.0 Å². The first-order chi connectivity index (χ1) is 33.2. The number of rotatable bonds is 22. The minimum atomic E-state index is -1.06. The second-order valence-electron chi connectivity index (χ2n) is 16.9. The molecule has 0 bridgehead atoms. The summed E-state index contributed by atoms with van der Waals surface area (Å²) in [4.78, 5) is 95.0. The predicted octanol–water partition coefficient (Wildman–Crippen LogP) is 4.83. The van der Waals surface area contributed by atoms with E-state index in [0.717, 1.165) is 0 Å². The Hall–Kier alpha value is -8.08. The molecule has 0 aliphatic heterocycles. The van der Waals surface area contributed by atoms with Crippen LogP contribution in [0.25, 0.3) is 22.1 Å². The number of carbonyl (C=O) groups excluding carboxylic acids is 6. The molecule has 6 aromatic rings. The highest BCUT2D eigenvalue weighted by Crippen LogP contribution is 2.33. The number of amides is 4. The van der Waals surface area contributed by atoms with Gasteiger partial charge in [0.25, 0.3) is 11.8 Å². The molecule has 0 aliphatic carbocycles. The van der Waals surface area contributed by atoms with Crippen molar-refractivity contribution in [2.45, 2.75) is 105 Å². The van der Waals surface area contributed by atoms with E-state index in [9.17, 15) is 28.8 Å². The van der Waals surface area contributed by atoms with Crippen LogP contribution in [0.3, 0.4) is 0 Å². The van der Waals surface area contributed by atoms with Crippen LogP contribution in [0, 0.1) is 13.8 Å². The van der Waals surface area contributed by atoms with E-state index in [1.54, 1.807) is 55.9 Å². The zero-order valence-corrected chi connectivity index (χ0v) is 40.2. The second kappa shape index (κ2) is 21.9. The molecule has 0 fully saturated rings. The topological polar surface area (TPSA) is 329 Å². The van der Waals surface area contributed by atoms with Gasteiger partial charge in [-0.05, 0) is 64.3 Å². The van der Waals surface area contributed by atoms with Crippen LogP contribution >= 0.6 is 0 Å². The molecule has 1 atom stereocenters. The molecule has 372 valence electrons. The van der Waals surface area contributed by atoms with Crippen LogP contribution in [0.15, 0.2) is 45.3 Å². The predicted molar refractivity (Wildman–Crippen MR) is 253 cm³/mol. The summed E-state index contributed by atoms with van der Waals surface area (Å²) in [5.74, 6) is -2.78. The van der Waals surface area contributed by atoms with Gasteiger partial charge in [0.1, 0.15) is 34.2 Å². The van der Waals surface area contributed by atoms with E-state index in [0.29, 0.717) is 52.6 Å². The van der Waals surface area contributed by atoms with Gasteiger partial charge in [-0.25, -0.2) is 19.9 Å². The molecule has 0 radical (unpaired) electrons. The van der Waals surface area contributed by atoms with E-state index in [4.69, 9.17) is 45.0 Å². The molecule has 8 N–H and O–H groups in total. The van der Waals surface area contributed by atoms with Gasteiger partial charge in [-0.3, -0.25) is 39.4 Å². The van der Waals surface area contributed by atoms with Gasteiger partial charge in [-0.1, -0.05) is 26.0 Å². The third kappa shape index (κ3) is 12.1. The number of ether oxygens (including phenoxy) is 4. The van der Waals surface area contributed by atoms with Gasteiger partial charge in [0.2, 0.25) is 35.2 Å². The van der Waals surface area contributed by atoms with Crippen LogP contribution in [0.5, 0.6) is 11.5 Å². The first-order valence-corrected chi connectivity index (χ1v) is 22.4. The molecule has 0 unspecified atom stereocenters. The quantitative estimate of drug-likeness (QED) is 0.0345. The first kappa shape index (κ1) is 51.3. The number of methoxy groups -OCH3 is 1. The van der Waals surface area contributed by atoms with E-state index in [1.807, 2.05) is 13.8 Å². The van der Waals surface area contributed by atoms with Crippen molar-refractivity contribution in [1.82, 2.24) is 29.1 Å². The Labute approximate surface area is 401 Å². The van der Waals surface area contributed by atoms with Gasteiger partial charge in [-0.15, -0.1) is 0 Å². The number of aryl methyl sites for hydroxylation is 4. The number of anilines is 2. The molecular weight excluding hydrogens is 911 g/mol. The van der Waals surface area contributed by atoms with Crippen molar-refractivity contribution < 1.29 is 56.5 Å². The fourth-order valence-corrected chi connectivity index (χ4v) is 7.31. The third-order valence-electron chi connectivity index (χ3n) is 10.5. The van der Waals surface area contributed by atoms with E-state index in [1.165, 1.54) is 31.4 Å². The molecule has 6 rings (SSSR count). The van der Waals surface area contributed by atoms with Crippen LogP contribution < -0.4 is 37.3 Å². The Morgan fingerprint density at radius 2 is 1.23 bits per heavy atom. The standard InChI is InChI=1S/C47H57N11O12/c1-9-29-38(68-24(3)51-29)42(62)55-45-53-31-20-26(40(49)60)22-33(65-8)36(31)57(45)16-11-12-17-58-37-32(54-46(58)56-43(63)39-30(10-2)52-25(4)69-39)21-27(41(50)61)23-34(37)66-18-13-19-67-44(64)28(48)14-15-35(59)70-47(5,6)7/h11-12,20-23,28H,9-10,13-19,48H2,1-8H3,(H2,49,60)(H2,50,61)(H,53,55,62)(H,54,56,63)/b12-11+/t28-/m1/s1. The normalized spacial score (nSPS) is 12.1. The summed E-state index contributed by atoms with van der Waals surface area (Å²) in [6.07, 6.45) is 4.49. The van der Waals surface area contributed by atoms with Crippen molar-refractivity contribution in [3.8, 4) is 11.5 Å². The van der Waals surface area contributed by atoms with Crippen LogP contribution in [-0.4, -0.2) is 96.6 Å². The number of nitrogens with two attached hydrogens (primary N) is 3. The van der Waals surface area contributed by atoms with Crippen LogP contribution in [0.1, 0.15) is 119 Å². The molecule has 0 spiro atoms. The van der Waals surface area contributed by atoms with E-state index in [-0.39, 0.29) is 97.1 Å². The molecule has 0 saturated carbocycles. The summed E-state index contributed by atoms with van der Waals surface area (Å²) in [6.45, 7) is 12.1. The Morgan fingerprint density at radius 1 is 0.743 bits per heavy atom. The summed E-state index contributed by atoms with van der Waals surface area (Å²) in [5, 5.41) is 5.63. The highest BCUT2D eigenvalue weighted by atomic mass is 16.6. The van der Waals surface area contributed by atoms with Gasteiger partial charge in [0.15, 0.2) is 11.8 Å². The number of hydrogen-bond acceptors (Lipinski definition) is 17. The highest BCUT2D eigenvalue weighted by Gasteiger charge is 2.26. The molecule has 4 aromatic heterocycles. The maximum Gasteiger partial charge on any atom is 0.322 e. The Kier molecular flexibility index (Phi) is 16.1. The third-order valence-corrected chi connectivity index (χ3v) is 10.5. The summed E-state index contributed by atoms with van der Waals surface area (Å²) in [6, 6.07) is 4.78. The lowest BCUT2D eigenvalue weighted by atomic mass is 10.1. The number of fused-ring (bicyclic) bond motifs is 2. The smallest absolute Gasteiger partial charge is 0.322 e. The van der Waals surface area contributed by atoms with Crippen LogP contribution in [0.4, 0.5) is 11.9 Å². The minimum Gasteiger partial charge on any atom is -0.494 e. The summed E-state index contributed by atoms with van der Waals surface area (Å²) < 4.78 is 37.1. The minimum absolute atomic E-state index is 0.0101. The number of imidazole rings is 2. The van der Waals surface area contributed by atoms with Gasteiger partial charge >= 0.3 is 11.9 Å². The molecule has 4 heterocycles. The first-order valence-electron chi connectivity index (χ1n) is 22.4. The van der Waals surface area contributed by atoms with Gasteiger partial charge < -0.3 is 54.1 Å². The number of aromatic nitrogens is 6. The van der Waals surface area contributed by atoms with Gasteiger partial charge in [0.05, 0.1) is 42.7 Å². The molecule has 23 heteroatoms. The van der Waals surface area contributed by atoms with E-state index in [2.05, 4.69) is 30.6 Å². The van der Waals surface area contributed by atoms with Crippen molar-refractivity contribution in [1.29, 1.82) is 0 Å². The monoisotopic (exact) mass is 967 g/mol. The van der Waals surface area contributed by atoms with Gasteiger partial charge in [-0.2, -0.15) is 0 Å². The number of esters is 2. The largest absolute Gasteiger partial charge is 0.494 e. The molecule has 0 saturated heterocycles. The number of hydrogen-bond donors (Lipinski definition) is 5. The summed E-state index contributed by atoms with van der Waals surface area (Å²) in [7, 11) is 1.42. The lowest BCUT2D eigenvalue weighted by Crippen LogP contribution is -2.34. The second-order valence-corrected chi connectivity index (χ2v) is 16.9. The highest BCUT2D eigenvalue weighted by molar-refractivity contribution is 6.05. The number of benzene rings is 2. The lowest BCUT2D eigenvalue weighted by Gasteiger charge is -2.20. The van der Waals surface area contributed by atoms with E-state index >= 15 is 0 Å². The number of carbonyl (C=O) groups is 6. The molecular formula is C47H57N11O12. The molecule has 70 heavy (non-hydrogen) atoms. The zero-order chi connectivity index (χ0) is 51.0. The number of allylic oxidation sites excluding steroid dienone is 2. The average Bonchev–Trinajstić information content (AvgIpc) is 4.07. The number of nitrogens with zero attached hydrogens (tertiary/aromatic N) is 6. The fraction of sp³-hybridized carbons (Fsp3) is 0.404. The molecule has 2 aromatic carbocycles. The summed E-state index contributed by atoms with van der Waals surface area (Å²) in [5.41, 5.74) is 19.0. The summed E-state index contributed by atoms with van der Waals surface area (Å²) >= 11 is 0.